The van der Waals surface area contributed by atoms with Crippen LogP contribution >= 0.6 is 0 Å². The minimum absolute atomic E-state index is 0. The summed E-state index contributed by atoms with van der Waals surface area (Å²) in [4.78, 5) is 16.9. The third-order valence-electron chi connectivity index (χ3n) is 2.84. The standard InChI is InChI=1S/C11H14N2O2.Li/c14-11(15)9-3-6-13(7-4-9)10-2-1-5-12-8-10;/h1-2,5,8-9H,3-4,6-7H2,(H,14,15);/q;+1/p-1. The largest absolute Gasteiger partial charge is 1.00 e. The van der Waals surface area contributed by atoms with Gasteiger partial charge >= 0.3 is 18.9 Å². The van der Waals surface area contributed by atoms with Gasteiger partial charge in [-0.2, -0.15) is 0 Å². The number of carboxylic acids is 1. The molecule has 80 valence electrons. The Balaban J connectivity index is 0.00000128. The van der Waals surface area contributed by atoms with Gasteiger partial charge in [-0.15, -0.1) is 0 Å². The van der Waals surface area contributed by atoms with Gasteiger partial charge in [-0.3, -0.25) is 4.98 Å². The van der Waals surface area contributed by atoms with Crippen molar-refractivity contribution in [3.63, 3.8) is 0 Å². The van der Waals surface area contributed by atoms with Crippen molar-refractivity contribution in [1.82, 2.24) is 4.98 Å². The number of carbonyl (C=O) groups excluding carboxylic acids is 1. The summed E-state index contributed by atoms with van der Waals surface area (Å²) in [6.45, 7) is 1.54. The summed E-state index contributed by atoms with van der Waals surface area (Å²) >= 11 is 0. The van der Waals surface area contributed by atoms with E-state index in [1.807, 2.05) is 12.1 Å². The maximum absolute atomic E-state index is 10.7. The third-order valence-corrected chi connectivity index (χ3v) is 2.84. The van der Waals surface area contributed by atoms with E-state index in [0.717, 1.165) is 18.8 Å². The van der Waals surface area contributed by atoms with Crippen LogP contribution in [0.4, 0.5) is 5.69 Å². The summed E-state index contributed by atoms with van der Waals surface area (Å²) in [6, 6.07) is 3.88. The number of aliphatic carboxylic acids is 1. The number of carbonyl (C=O) groups is 1. The summed E-state index contributed by atoms with van der Waals surface area (Å²) in [5.41, 5.74) is 1.06. The summed E-state index contributed by atoms with van der Waals surface area (Å²) in [5, 5.41) is 10.7. The second kappa shape index (κ2) is 5.93. The predicted molar refractivity (Wildman–Crippen MR) is 54.2 cm³/mol. The number of aromatic nitrogens is 1. The molecule has 0 bridgehead atoms. The topological polar surface area (TPSA) is 56.3 Å². The van der Waals surface area contributed by atoms with Crippen LogP contribution in [0.25, 0.3) is 0 Å². The first kappa shape index (κ1) is 13.1. The average molecular weight is 212 g/mol. The van der Waals surface area contributed by atoms with Crippen LogP contribution in [-0.2, 0) is 4.79 Å². The molecule has 1 fully saturated rings. The van der Waals surface area contributed by atoms with Gasteiger partial charge < -0.3 is 14.8 Å². The van der Waals surface area contributed by atoms with Gasteiger partial charge in [0.05, 0.1) is 11.9 Å². The van der Waals surface area contributed by atoms with Crippen LogP contribution in [0.2, 0.25) is 0 Å². The Labute approximate surface area is 107 Å². The molecule has 0 spiro atoms. The van der Waals surface area contributed by atoms with Crippen molar-refractivity contribution in [3.05, 3.63) is 24.5 Å². The zero-order valence-corrected chi connectivity index (χ0v) is 9.43. The quantitative estimate of drug-likeness (QED) is 0.492. The molecule has 2 heterocycles. The number of nitrogens with zero attached hydrogens (tertiary/aromatic N) is 2. The van der Waals surface area contributed by atoms with Crippen LogP contribution in [0.15, 0.2) is 24.5 Å². The van der Waals surface area contributed by atoms with Gasteiger partial charge in [-0.25, -0.2) is 0 Å². The van der Waals surface area contributed by atoms with Crippen molar-refractivity contribution >= 4 is 11.7 Å². The summed E-state index contributed by atoms with van der Waals surface area (Å²) in [5.74, 6) is -1.20. The van der Waals surface area contributed by atoms with Gasteiger partial charge in [0, 0.05) is 31.2 Å². The van der Waals surface area contributed by atoms with E-state index in [-0.39, 0.29) is 24.8 Å². The van der Waals surface area contributed by atoms with Crippen molar-refractivity contribution in [3.8, 4) is 0 Å². The SMILES string of the molecule is O=C([O-])C1CCN(c2cccnc2)CC1.[Li+]. The Hall–Kier alpha value is -0.983. The number of anilines is 1. The van der Waals surface area contributed by atoms with Crippen LogP contribution < -0.4 is 28.9 Å². The number of carboxylic acid groups (broad SMARTS) is 1. The molecule has 0 N–H and O–H groups in total. The van der Waals surface area contributed by atoms with Crippen molar-refractivity contribution in [2.75, 3.05) is 18.0 Å². The molecule has 0 aromatic carbocycles. The molecular formula is C11H13LiN2O2. The van der Waals surface area contributed by atoms with E-state index < -0.39 is 5.97 Å². The Morgan fingerprint density at radius 1 is 1.44 bits per heavy atom. The molecule has 0 atom stereocenters. The van der Waals surface area contributed by atoms with Gasteiger partial charge in [0.25, 0.3) is 0 Å². The van der Waals surface area contributed by atoms with Crippen LogP contribution in [0.3, 0.4) is 0 Å². The molecule has 1 aromatic rings. The first-order chi connectivity index (χ1) is 7.27. The van der Waals surface area contributed by atoms with Crippen LogP contribution in [0.5, 0.6) is 0 Å². The molecule has 0 radical (unpaired) electrons. The monoisotopic (exact) mass is 212 g/mol. The summed E-state index contributed by atoms with van der Waals surface area (Å²) in [7, 11) is 0. The van der Waals surface area contributed by atoms with Gasteiger partial charge in [-0.05, 0) is 25.0 Å². The minimum Gasteiger partial charge on any atom is -0.550 e. The molecular weight excluding hydrogens is 199 g/mol. The number of rotatable bonds is 2. The fourth-order valence-corrected chi connectivity index (χ4v) is 1.91. The smallest absolute Gasteiger partial charge is 0.550 e. The Morgan fingerprint density at radius 3 is 2.62 bits per heavy atom. The van der Waals surface area contributed by atoms with Gasteiger partial charge in [0.2, 0.25) is 0 Å². The number of hydrogen-bond donors (Lipinski definition) is 0. The van der Waals surface area contributed by atoms with Crippen LogP contribution in [0, 0.1) is 5.92 Å². The summed E-state index contributed by atoms with van der Waals surface area (Å²) in [6.07, 6.45) is 4.87. The molecule has 1 aromatic heterocycles. The van der Waals surface area contributed by atoms with Gasteiger partial charge in [0.15, 0.2) is 0 Å². The molecule has 0 saturated carbocycles. The molecule has 16 heavy (non-hydrogen) atoms. The Morgan fingerprint density at radius 2 is 2.12 bits per heavy atom. The normalized spacial score (nSPS) is 16.6. The van der Waals surface area contributed by atoms with Crippen molar-refractivity contribution in [2.45, 2.75) is 12.8 Å². The minimum atomic E-state index is -0.916. The predicted octanol–water partition coefficient (Wildman–Crippen LogP) is -2.95. The molecule has 1 aliphatic heterocycles. The maximum atomic E-state index is 10.7. The van der Waals surface area contributed by atoms with E-state index in [9.17, 15) is 9.90 Å². The number of pyridine rings is 1. The zero-order chi connectivity index (χ0) is 10.7. The molecule has 0 amide bonds. The molecule has 4 nitrogen and oxygen atoms in total. The van der Waals surface area contributed by atoms with Crippen molar-refractivity contribution < 1.29 is 28.8 Å². The van der Waals surface area contributed by atoms with Gasteiger partial charge in [0.1, 0.15) is 0 Å². The van der Waals surface area contributed by atoms with E-state index in [4.69, 9.17) is 0 Å². The second-order valence-corrected chi connectivity index (χ2v) is 3.79. The van der Waals surface area contributed by atoms with Crippen molar-refractivity contribution in [2.24, 2.45) is 5.92 Å². The van der Waals surface area contributed by atoms with E-state index in [0.29, 0.717) is 12.8 Å². The van der Waals surface area contributed by atoms with E-state index in [1.165, 1.54) is 0 Å². The molecule has 5 heteroatoms. The molecule has 0 aliphatic carbocycles. The first-order valence-electron chi connectivity index (χ1n) is 5.13. The fraction of sp³-hybridized carbons (Fsp3) is 0.455. The fourth-order valence-electron chi connectivity index (χ4n) is 1.91. The zero-order valence-electron chi connectivity index (χ0n) is 9.43. The Bertz CT molecular complexity index is 337. The Kier molecular flexibility index (Phi) is 4.85. The second-order valence-electron chi connectivity index (χ2n) is 3.79. The molecule has 1 saturated heterocycles. The number of hydrogen-bond acceptors (Lipinski definition) is 4. The van der Waals surface area contributed by atoms with Gasteiger partial charge in [-0.1, -0.05) is 0 Å². The maximum Gasteiger partial charge on any atom is 1.00 e. The van der Waals surface area contributed by atoms with Crippen molar-refractivity contribution in [1.29, 1.82) is 0 Å². The third kappa shape index (κ3) is 3.00. The van der Waals surface area contributed by atoms with E-state index in [1.54, 1.807) is 12.4 Å². The molecule has 0 unspecified atom stereocenters. The molecule has 2 rings (SSSR count). The van der Waals surface area contributed by atoms with E-state index in [2.05, 4.69) is 9.88 Å². The van der Waals surface area contributed by atoms with Crippen LogP contribution in [0.1, 0.15) is 12.8 Å². The van der Waals surface area contributed by atoms with E-state index >= 15 is 0 Å². The average Bonchev–Trinajstić information content (AvgIpc) is 2.30. The number of piperidine rings is 1. The summed E-state index contributed by atoms with van der Waals surface area (Å²) < 4.78 is 0. The first-order valence-corrected chi connectivity index (χ1v) is 5.13. The van der Waals surface area contributed by atoms with Crippen LogP contribution in [-0.4, -0.2) is 24.0 Å². The molecule has 1 aliphatic rings.